The minimum absolute atomic E-state index is 0.150. The monoisotopic (exact) mass is 367 g/mol. The summed E-state index contributed by atoms with van der Waals surface area (Å²) in [6.45, 7) is 2.05. The summed E-state index contributed by atoms with van der Waals surface area (Å²) in [6, 6.07) is 15.1. The number of hydrogen-bond acceptors (Lipinski definition) is 5. The Morgan fingerprint density at radius 1 is 1.23 bits per heavy atom. The normalized spacial score (nSPS) is 11.8. The van der Waals surface area contributed by atoms with E-state index in [4.69, 9.17) is 10.2 Å². The molecule has 5 heteroatoms. The van der Waals surface area contributed by atoms with E-state index in [1.807, 2.05) is 43.3 Å². The first-order chi connectivity index (χ1) is 12.6. The summed E-state index contributed by atoms with van der Waals surface area (Å²) in [6.07, 6.45) is 1.68. The van der Waals surface area contributed by atoms with Gasteiger partial charge in [0.05, 0.1) is 11.3 Å². The van der Waals surface area contributed by atoms with Crippen molar-refractivity contribution >= 4 is 28.4 Å². The van der Waals surface area contributed by atoms with Gasteiger partial charge in [-0.15, -0.1) is 11.8 Å². The van der Waals surface area contributed by atoms with Gasteiger partial charge >= 0.3 is 5.63 Å². The molecule has 0 saturated heterocycles. The van der Waals surface area contributed by atoms with Crippen molar-refractivity contribution < 1.29 is 9.52 Å². The molecule has 3 aromatic rings. The number of aryl methyl sites for hydroxylation is 1. The molecule has 1 aromatic heterocycles. The van der Waals surface area contributed by atoms with Gasteiger partial charge in [-0.3, -0.25) is 0 Å². The molecule has 4 nitrogen and oxygen atoms in total. The zero-order valence-electron chi connectivity index (χ0n) is 14.6. The van der Waals surface area contributed by atoms with Crippen LogP contribution in [0, 0.1) is 0 Å². The van der Waals surface area contributed by atoms with E-state index < -0.39 is 5.63 Å². The number of nitrogens with two attached hydrogens (primary N) is 1. The van der Waals surface area contributed by atoms with Crippen LogP contribution in [-0.2, 0) is 12.2 Å². The summed E-state index contributed by atoms with van der Waals surface area (Å²) in [4.78, 5) is 12.3. The number of hydrogen-bond donors (Lipinski definition) is 2. The second-order valence-electron chi connectivity index (χ2n) is 6.09. The number of thioether (sulfide) groups is 1. The Bertz CT molecular complexity index is 993. The fourth-order valence-electron chi connectivity index (χ4n) is 2.74. The number of aromatic hydroxyl groups is 1. The zero-order valence-corrected chi connectivity index (χ0v) is 15.4. The van der Waals surface area contributed by atoms with Crippen molar-refractivity contribution in [1.82, 2.24) is 0 Å². The maximum atomic E-state index is 12.3. The third-order valence-electron chi connectivity index (χ3n) is 4.07. The molecule has 26 heavy (non-hydrogen) atoms. The van der Waals surface area contributed by atoms with Crippen LogP contribution in [0.15, 0.2) is 63.2 Å². The van der Waals surface area contributed by atoms with Gasteiger partial charge in [0.2, 0.25) is 0 Å². The van der Waals surface area contributed by atoms with E-state index in [-0.39, 0.29) is 5.75 Å². The molecule has 0 radical (unpaired) electrons. The standard InChI is InChI=1S/C21H21NO3S/c1-2-6-15-9-16-10-17(21(24)25-20(16)11-19(15)23)18(22)13-26-12-14-7-4-3-5-8-14/h3-5,7-11,13,23H,2,6,12,22H2,1H3/b18-13-. The average molecular weight is 367 g/mol. The molecule has 0 amide bonds. The van der Waals surface area contributed by atoms with Gasteiger partial charge in [0, 0.05) is 17.2 Å². The summed E-state index contributed by atoms with van der Waals surface area (Å²) in [5.41, 5.74) is 8.71. The largest absolute Gasteiger partial charge is 0.508 e. The smallest absolute Gasteiger partial charge is 0.345 e. The lowest BCUT2D eigenvalue weighted by molar-refractivity contribution is 0.465. The van der Waals surface area contributed by atoms with Crippen LogP contribution in [0.25, 0.3) is 16.7 Å². The number of benzene rings is 2. The molecule has 3 rings (SSSR count). The maximum Gasteiger partial charge on any atom is 0.345 e. The van der Waals surface area contributed by atoms with Gasteiger partial charge in [0.1, 0.15) is 11.3 Å². The lowest BCUT2D eigenvalue weighted by atomic mass is 10.0. The highest BCUT2D eigenvalue weighted by atomic mass is 32.2. The Morgan fingerprint density at radius 3 is 2.73 bits per heavy atom. The van der Waals surface area contributed by atoms with Crippen molar-refractivity contribution in [1.29, 1.82) is 0 Å². The van der Waals surface area contributed by atoms with E-state index in [1.54, 1.807) is 11.5 Å². The predicted molar refractivity (Wildman–Crippen MR) is 108 cm³/mol. The van der Waals surface area contributed by atoms with Crippen LogP contribution in [0.1, 0.15) is 30.0 Å². The number of phenols is 1. The Hall–Kier alpha value is -2.66. The van der Waals surface area contributed by atoms with Gasteiger partial charge < -0.3 is 15.3 Å². The Balaban J connectivity index is 1.88. The average Bonchev–Trinajstić information content (AvgIpc) is 2.63. The topological polar surface area (TPSA) is 76.5 Å². The van der Waals surface area contributed by atoms with Gasteiger partial charge in [0.15, 0.2) is 0 Å². The van der Waals surface area contributed by atoms with Crippen molar-refractivity contribution in [2.75, 3.05) is 0 Å². The molecule has 0 fully saturated rings. The first-order valence-corrected chi connectivity index (χ1v) is 9.54. The number of phenolic OH excluding ortho intramolecular Hbond substituents is 1. The lowest BCUT2D eigenvalue weighted by Crippen LogP contribution is -2.10. The van der Waals surface area contributed by atoms with E-state index in [1.165, 1.54) is 23.4 Å². The fraction of sp³-hybridized carbons (Fsp3) is 0.190. The summed E-state index contributed by atoms with van der Waals surface area (Å²) in [5, 5.41) is 12.6. The van der Waals surface area contributed by atoms with Crippen LogP contribution in [-0.4, -0.2) is 5.11 Å². The molecule has 0 spiro atoms. The van der Waals surface area contributed by atoms with E-state index in [0.29, 0.717) is 16.8 Å². The summed E-state index contributed by atoms with van der Waals surface area (Å²) < 4.78 is 5.35. The van der Waals surface area contributed by atoms with Gasteiger partial charge in [0.25, 0.3) is 0 Å². The van der Waals surface area contributed by atoms with Crippen molar-refractivity contribution in [3.63, 3.8) is 0 Å². The van der Waals surface area contributed by atoms with Crippen LogP contribution in [0.3, 0.4) is 0 Å². The second-order valence-corrected chi connectivity index (χ2v) is 6.94. The first kappa shape index (κ1) is 18.1. The quantitative estimate of drug-likeness (QED) is 0.621. The van der Waals surface area contributed by atoms with Crippen molar-refractivity contribution in [3.8, 4) is 5.75 Å². The molecule has 0 aliphatic rings. The maximum absolute atomic E-state index is 12.3. The highest BCUT2D eigenvalue weighted by molar-refractivity contribution is 8.01. The van der Waals surface area contributed by atoms with E-state index >= 15 is 0 Å². The highest BCUT2D eigenvalue weighted by Crippen LogP contribution is 2.27. The van der Waals surface area contributed by atoms with Gasteiger partial charge in [-0.2, -0.15) is 0 Å². The van der Waals surface area contributed by atoms with Crippen LogP contribution in [0.2, 0.25) is 0 Å². The van der Waals surface area contributed by atoms with Gasteiger partial charge in [-0.1, -0.05) is 43.7 Å². The third-order valence-corrected chi connectivity index (χ3v) is 4.99. The molecule has 0 aliphatic heterocycles. The van der Waals surface area contributed by atoms with Crippen LogP contribution in [0.4, 0.5) is 0 Å². The van der Waals surface area contributed by atoms with E-state index in [0.717, 1.165) is 29.5 Å². The molecule has 3 N–H and O–H groups in total. The molecule has 134 valence electrons. The van der Waals surface area contributed by atoms with Gasteiger partial charge in [-0.25, -0.2) is 4.79 Å². The number of fused-ring (bicyclic) bond motifs is 1. The Kier molecular flexibility index (Phi) is 5.68. The molecular formula is C21H21NO3S. The van der Waals surface area contributed by atoms with Crippen molar-refractivity contribution in [2.24, 2.45) is 5.73 Å². The Morgan fingerprint density at radius 2 is 2.00 bits per heavy atom. The van der Waals surface area contributed by atoms with Crippen LogP contribution < -0.4 is 11.4 Å². The molecular weight excluding hydrogens is 346 g/mol. The lowest BCUT2D eigenvalue weighted by Gasteiger charge is -2.07. The first-order valence-electron chi connectivity index (χ1n) is 8.49. The van der Waals surface area contributed by atoms with Crippen molar-refractivity contribution in [3.05, 3.63) is 81.0 Å². The van der Waals surface area contributed by atoms with E-state index in [2.05, 4.69) is 0 Å². The SMILES string of the molecule is CCCc1cc2cc(/C(N)=C/SCc3ccccc3)c(=O)oc2cc1O. The molecule has 0 unspecified atom stereocenters. The third kappa shape index (κ3) is 4.11. The minimum atomic E-state index is -0.505. The fourth-order valence-corrected chi connectivity index (χ4v) is 3.51. The molecule has 2 aromatic carbocycles. The molecule has 1 heterocycles. The zero-order chi connectivity index (χ0) is 18.5. The van der Waals surface area contributed by atoms with Gasteiger partial charge in [-0.05, 0) is 35.1 Å². The molecule has 0 bridgehead atoms. The molecule has 0 aliphatic carbocycles. The summed E-state index contributed by atoms with van der Waals surface area (Å²) in [7, 11) is 0. The summed E-state index contributed by atoms with van der Waals surface area (Å²) in [5.74, 6) is 0.923. The van der Waals surface area contributed by atoms with Crippen molar-refractivity contribution in [2.45, 2.75) is 25.5 Å². The minimum Gasteiger partial charge on any atom is -0.508 e. The predicted octanol–water partition coefficient (Wildman–Crippen LogP) is 4.64. The van der Waals surface area contributed by atoms with E-state index in [9.17, 15) is 9.90 Å². The van der Waals surface area contributed by atoms with Crippen LogP contribution >= 0.6 is 11.8 Å². The summed E-state index contributed by atoms with van der Waals surface area (Å²) >= 11 is 1.53. The Labute approximate surface area is 156 Å². The second kappa shape index (κ2) is 8.15. The molecule has 0 saturated carbocycles. The van der Waals surface area contributed by atoms with Crippen LogP contribution in [0.5, 0.6) is 5.75 Å². The highest BCUT2D eigenvalue weighted by Gasteiger charge is 2.11. The molecule has 0 atom stereocenters. The number of rotatable bonds is 6.